The van der Waals surface area contributed by atoms with E-state index in [9.17, 15) is 0 Å². The molecule has 0 N–H and O–H groups in total. The molecule has 32 heavy (non-hydrogen) atoms. The highest BCUT2D eigenvalue weighted by molar-refractivity contribution is 6.19. The van der Waals surface area contributed by atoms with E-state index in [1.54, 1.807) is 0 Å². The first kappa shape index (κ1) is 21.4. The molecule has 4 heteroatoms. The van der Waals surface area contributed by atoms with Crippen molar-refractivity contribution < 1.29 is 0 Å². The van der Waals surface area contributed by atoms with Gasteiger partial charge in [0.15, 0.2) is 11.7 Å². The van der Waals surface area contributed by atoms with Crippen LogP contribution in [0.2, 0.25) is 0 Å². The number of halogens is 1. The molecule has 4 rings (SSSR count). The molecule has 0 aliphatic heterocycles. The highest BCUT2D eigenvalue weighted by Gasteiger charge is 2.09. The van der Waals surface area contributed by atoms with E-state index in [0.717, 1.165) is 33.4 Å². The Kier molecular flexibility index (Phi) is 7.01. The number of benzene rings is 4. The summed E-state index contributed by atoms with van der Waals surface area (Å²) < 4.78 is 0. The van der Waals surface area contributed by atoms with Crippen molar-refractivity contribution >= 4 is 30.0 Å². The van der Waals surface area contributed by atoms with Crippen LogP contribution in [-0.4, -0.2) is 24.4 Å². The van der Waals surface area contributed by atoms with E-state index in [1.165, 1.54) is 0 Å². The van der Waals surface area contributed by atoms with Crippen molar-refractivity contribution in [3.05, 3.63) is 120 Å². The molecular weight excluding hydrogens is 414 g/mol. The number of alkyl halides is 1. The van der Waals surface area contributed by atoms with Gasteiger partial charge < -0.3 is 0 Å². The predicted molar refractivity (Wildman–Crippen MR) is 137 cm³/mol. The molecule has 0 aliphatic carbocycles. The van der Waals surface area contributed by atoms with Crippen LogP contribution in [0, 0.1) is 0 Å². The fraction of sp³-hybridized carbons (Fsp3) is 0.0357. The van der Waals surface area contributed by atoms with Crippen LogP contribution in [0.5, 0.6) is 0 Å². The topological polar surface area (TPSA) is 37.1 Å². The van der Waals surface area contributed by atoms with Crippen LogP contribution >= 0.6 is 11.6 Å². The van der Waals surface area contributed by atoms with Gasteiger partial charge in [-0.3, -0.25) is 0 Å². The largest absolute Gasteiger partial charge is 0.250 e. The molecule has 0 aliphatic rings. The van der Waals surface area contributed by atoms with Crippen molar-refractivity contribution in [3.63, 3.8) is 0 Å². The maximum atomic E-state index is 5.98. The number of amidine groups is 2. The Morgan fingerprint density at radius 3 is 1.53 bits per heavy atom. The summed E-state index contributed by atoms with van der Waals surface area (Å²) in [5.74, 6) is 1.02. The Bertz CT molecular complexity index is 1260. The summed E-state index contributed by atoms with van der Waals surface area (Å²) in [7, 11) is 0. The quantitative estimate of drug-likeness (QED) is 0.139. The number of aliphatic imine (C=N–C) groups is 3. The van der Waals surface area contributed by atoms with Crippen molar-refractivity contribution in [2.75, 3.05) is 6.00 Å². The molecule has 0 atom stereocenters. The smallest absolute Gasteiger partial charge is 0.161 e. The van der Waals surface area contributed by atoms with Crippen molar-refractivity contribution in [3.8, 4) is 22.3 Å². The van der Waals surface area contributed by atoms with E-state index in [4.69, 9.17) is 16.6 Å². The molecule has 0 radical (unpaired) electrons. The van der Waals surface area contributed by atoms with Gasteiger partial charge in [-0.25, -0.2) is 15.0 Å². The van der Waals surface area contributed by atoms with Crippen LogP contribution in [0.4, 0.5) is 0 Å². The second-order valence-electron chi connectivity index (χ2n) is 7.09. The van der Waals surface area contributed by atoms with E-state index < -0.39 is 0 Å². The minimum absolute atomic E-state index is 0.100. The van der Waals surface area contributed by atoms with Gasteiger partial charge in [0.1, 0.15) is 6.00 Å². The minimum Gasteiger partial charge on any atom is -0.250 e. The Morgan fingerprint density at radius 1 is 0.594 bits per heavy atom. The summed E-state index contributed by atoms with van der Waals surface area (Å²) >= 11 is 5.98. The Hall–Kier alpha value is -3.82. The zero-order valence-electron chi connectivity index (χ0n) is 17.5. The van der Waals surface area contributed by atoms with Crippen molar-refractivity contribution in [1.82, 2.24) is 0 Å². The van der Waals surface area contributed by atoms with Gasteiger partial charge in [-0.05, 0) is 41.1 Å². The summed E-state index contributed by atoms with van der Waals surface area (Å²) in [5.41, 5.74) is 6.15. The van der Waals surface area contributed by atoms with Crippen LogP contribution in [-0.2, 0) is 0 Å². The molecule has 0 fully saturated rings. The van der Waals surface area contributed by atoms with E-state index in [2.05, 4.69) is 65.2 Å². The Balaban J connectivity index is 1.73. The van der Waals surface area contributed by atoms with Gasteiger partial charge in [0.05, 0.1) is 0 Å². The lowest BCUT2D eigenvalue weighted by molar-refractivity contribution is 1.32. The van der Waals surface area contributed by atoms with Crippen LogP contribution in [0.3, 0.4) is 0 Å². The van der Waals surface area contributed by atoms with Gasteiger partial charge in [-0.2, -0.15) is 0 Å². The molecule has 0 saturated heterocycles. The van der Waals surface area contributed by atoms with Crippen molar-refractivity contribution in [2.45, 2.75) is 0 Å². The maximum absolute atomic E-state index is 5.98. The molecule has 0 spiro atoms. The second kappa shape index (κ2) is 10.5. The summed E-state index contributed by atoms with van der Waals surface area (Å²) in [6.45, 7) is 3.74. The van der Waals surface area contributed by atoms with Gasteiger partial charge in [0.2, 0.25) is 0 Å². The molecule has 156 valence electrons. The van der Waals surface area contributed by atoms with E-state index in [1.807, 2.05) is 60.7 Å². The van der Waals surface area contributed by atoms with Crippen LogP contribution < -0.4 is 0 Å². The maximum Gasteiger partial charge on any atom is 0.161 e. The Morgan fingerprint density at radius 2 is 1.06 bits per heavy atom. The fourth-order valence-electron chi connectivity index (χ4n) is 3.48. The third kappa shape index (κ3) is 5.08. The Labute approximate surface area is 193 Å². The third-order valence-corrected chi connectivity index (χ3v) is 5.15. The van der Waals surface area contributed by atoms with Crippen LogP contribution in [0.25, 0.3) is 22.3 Å². The third-order valence-electron chi connectivity index (χ3n) is 5.03. The molecule has 4 aromatic carbocycles. The molecular formula is C28H22ClN3. The zero-order valence-corrected chi connectivity index (χ0v) is 18.3. The second-order valence-corrected chi connectivity index (χ2v) is 7.33. The van der Waals surface area contributed by atoms with E-state index in [0.29, 0.717) is 11.7 Å². The SMILES string of the molecule is C=NC(=NC(=NCCl)c1cccc(-c2ccccc2)c1)c1cccc(-c2ccccc2)c1. The lowest BCUT2D eigenvalue weighted by Crippen LogP contribution is -2.05. The van der Waals surface area contributed by atoms with Gasteiger partial charge in [0, 0.05) is 11.1 Å². The molecule has 0 amide bonds. The van der Waals surface area contributed by atoms with Gasteiger partial charge in [-0.15, -0.1) is 11.6 Å². The normalized spacial score (nSPS) is 11.9. The first-order valence-electron chi connectivity index (χ1n) is 10.3. The molecule has 0 heterocycles. The summed E-state index contributed by atoms with van der Waals surface area (Å²) in [4.78, 5) is 13.4. The van der Waals surface area contributed by atoms with Crippen LogP contribution in [0.1, 0.15) is 11.1 Å². The number of hydrogen-bond donors (Lipinski definition) is 0. The minimum atomic E-state index is 0.100. The first-order chi connectivity index (χ1) is 15.8. The number of hydrogen-bond acceptors (Lipinski definition) is 1. The lowest BCUT2D eigenvalue weighted by Gasteiger charge is -2.08. The molecule has 0 unspecified atom stereocenters. The molecule has 0 bridgehead atoms. The van der Waals surface area contributed by atoms with Crippen LogP contribution in [0.15, 0.2) is 124 Å². The molecule has 0 saturated carbocycles. The highest BCUT2D eigenvalue weighted by Crippen LogP contribution is 2.23. The standard InChI is InChI=1S/C28H22ClN3/c1-30-27(25-16-8-14-23(18-25)21-10-4-2-5-11-21)32-28(31-20-29)26-17-9-15-24(19-26)22-12-6-3-7-13-22/h2-19H,1,20H2. The number of rotatable bonds is 5. The monoisotopic (exact) mass is 435 g/mol. The first-order valence-corrected chi connectivity index (χ1v) is 10.8. The molecule has 4 aromatic rings. The molecule has 3 nitrogen and oxygen atoms in total. The molecule has 0 aromatic heterocycles. The van der Waals surface area contributed by atoms with Gasteiger partial charge >= 0.3 is 0 Å². The average molecular weight is 436 g/mol. The van der Waals surface area contributed by atoms with E-state index >= 15 is 0 Å². The summed E-state index contributed by atoms with van der Waals surface area (Å²) in [5, 5.41) is 0. The summed E-state index contributed by atoms with van der Waals surface area (Å²) in [6.07, 6.45) is 0. The predicted octanol–water partition coefficient (Wildman–Crippen LogP) is 7.11. The zero-order chi connectivity index (χ0) is 22.2. The summed E-state index contributed by atoms with van der Waals surface area (Å²) in [6, 6.07) is 36.7. The fourth-order valence-corrected chi connectivity index (χ4v) is 3.59. The van der Waals surface area contributed by atoms with Gasteiger partial charge in [0.25, 0.3) is 0 Å². The number of nitrogens with zero attached hydrogens (tertiary/aromatic N) is 3. The van der Waals surface area contributed by atoms with Gasteiger partial charge in [-0.1, -0.05) is 97.1 Å². The van der Waals surface area contributed by atoms with Crippen molar-refractivity contribution in [2.24, 2.45) is 15.0 Å². The highest BCUT2D eigenvalue weighted by atomic mass is 35.5. The van der Waals surface area contributed by atoms with Crippen molar-refractivity contribution in [1.29, 1.82) is 0 Å². The van der Waals surface area contributed by atoms with E-state index in [-0.39, 0.29) is 6.00 Å². The average Bonchev–Trinajstić information content (AvgIpc) is 2.88. The lowest BCUT2D eigenvalue weighted by atomic mass is 10.0.